The molecule has 0 radical (unpaired) electrons. The van der Waals surface area contributed by atoms with Gasteiger partial charge in [-0.3, -0.25) is 14.4 Å². The van der Waals surface area contributed by atoms with Crippen molar-refractivity contribution >= 4 is 29.1 Å². The standard InChI is InChI=1S/C27H32N4O3/c32-25-19-22(20-31(25)24-9-5-2-6-10-24)27(34)29-13-11-21(12-14-29)26(33)30-17-15-28(16-18-30)23-7-3-1-4-8-23/h1-10,21-22H,11-20H2. The lowest BCUT2D eigenvalue weighted by Crippen LogP contribution is -2.52. The smallest absolute Gasteiger partial charge is 0.228 e. The first-order valence-corrected chi connectivity index (χ1v) is 12.3. The van der Waals surface area contributed by atoms with Gasteiger partial charge in [0.2, 0.25) is 17.7 Å². The van der Waals surface area contributed by atoms with Crippen LogP contribution in [0.5, 0.6) is 0 Å². The van der Waals surface area contributed by atoms with Crippen LogP contribution in [0.2, 0.25) is 0 Å². The fraction of sp³-hybridized carbons (Fsp3) is 0.444. The molecule has 2 aromatic rings. The number of nitrogens with zero attached hydrogens (tertiary/aromatic N) is 4. The van der Waals surface area contributed by atoms with Gasteiger partial charge in [0.05, 0.1) is 5.92 Å². The minimum Gasteiger partial charge on any atom is -0.368 e. The summed E-state index contributed by atoms with van der Waals surface area (Å²) in [5.74, 6) is -0.0334. The monoisotopic (exact) mass is 460 g/mol. The maximum atomic E-state index is 13.1. The molecular formula is C27H32N4O3. The number of piperazine rings is 1. The van der Waals surface area contributed by atoms with Crippen molar-refractivity contribution in [1.29, 1.82) is 0 Å². The van der Waals surface area contributed by atoms with Crippen LogP contribution < -0.4 is 9.80 Å². The highest BCUT2D eigenvalue weighted by molar-refractivity contribution is 6.00. The van der Waals surface area contributed by atoms with Crippen LogP contribution in [0.25, 0.3) is 0 Å². The molecule has 3 aliphatic heterocycles. The molecule has 3 amide bonds. The molecule has 34 heavy (non-hydrogen) atoms. The Bertz CT molecular complexity index is 1010. The van der Waals surface area contributed by atoms with E-state index >= 15 is 0 Å². The maximum absolute atomic E-state index is 13.1. The lowest BCUT2D eigenvalue weighted by atomic mass is 9.93. The summed E-state index contributed by atoms with van der Waals surface area (Å²) in [6.45, 7) is 4.80. The van der Waals surface area contributed by atoms with Crippen LogP contribution in [0.15, 0.2) is 60.7 Å². The molecule has 0 aliphatic carbocycles. The number of carbonyl (C=O) groups excluding carboxylic acids is 3. The number of carbonyl (C=O) groups is 3. The SMILES string of the molecule is O=C(C1CCN(C(=O)C2CC(=O)N(c3ccccc3)C2)CC1)N1CCN(c2ccccc2)CC1. The number of amides is 3. The van der Waals surface area contributed by atoms with Crippen LogP contribution in [-0.2, 0) is 14.4 Å². The van der Waals surface area contributed by atoms with Crippen LogP contribution in [0.3, 0.4) is 0 Å². The van der Waals surface area contributed by atoms with Gasteiger partial charge >= 0.3 is 0 Å². The molecule has 0 aromatic heterocycles. The van der Waals surface area contributed by atoms with Crippen molar-refractivity contribution in [3.05, 3.63) is 60.7 Å². The predicted molar refractivity (Wildman–Crippen MR) is 131 cm³/mol. The largest absolute Gasteiger partial charge is 0.368 e. The van der Waals surface area contributed by atoms with Gasteiger partial charge in [0.25, 0.3) is 0 Å². The summed E-state index contributed by atoms with van der Waals surface area (Å²) in [6, 6.07) is 19.9. The molecule has 0 N–H and O–H groups in total. The molecule has 7 heteroatoms. The van der Waals surface area contributed by atoms with Crippen molar-refractivity contribution in [2.45, 2.75) is 19.3 Å². The van der Waals surface area contributed by atoms with Crippen molar-refractivity contribution in [3.63, 3.8) is 0 Å². The predicted octanol–water partition coefficient (Wildman–Crippen LogP) is 2.63. The Morgan fingerprint density at radius 1 is 0.647 bits per heavy atom. The highest BCUT2D eigenvalue weighted by Gasteiger charge is 2.39. The Hall–Kier alpha value is -3.35. The van der Waals surface area contributed by atoms with Crippen LogP contribution in [0.4, 0.5) is 11.4 Å². The van der Waals surface area contributed by atoms with Crippen molar-refractivity contribution in [2.75, 3.05) is 55.6 Å². The molecule has 2 aromatic carbocycles. The first kappa shape index (κ1) is 22.4. The average molecular weight is 461 g/mol. The fourth-order valence-corrected chi connectivity index (χ4v) is 5.42. The molecule has 5 rings (SSSR count). The van der Waals surface area contributed by atoms with Gasteiger partial charge in [-0.2, -0.15) is 0 Å². The quantitative estimate of drug-likeness (QED) is 0.704. The number of benzene rings is 2. The van der Waals surface area contributed by atoms with Crippen LogP contribution in [-0.4, -0.2) is 73.3 Å². The topological polar surface area (TPSA) is 64.2 Å². The fourth-order valence-electron chi connectivity index (χ4n) is 5.42. The molecule has 0 bridgehead atoms. The summed E-state index contributed by atoms with van der Waals surface area (Å²) >= 11 is 0. The Kier molecular flexibility index (Phi) is 6.52. The number of hydrogen-bond donors (Lipinski definition) is 0. The van der Waals surface area contributed by atoms with Crippen molar-refractivity contribution in [2.24, 2.45) is 11.8 Å². The summed E-state index contributed by atoms with van der Waals surface area (Å²) in [5, 5.41) is 0. The van der Waals surface area contributed by atoms with Gasteiger partial charge in [-0.05, 0) is 37.1 Å². The summed E-state index contributed by atoms with van der Waals surface area (Å²) in [6.07, 6.45) is 1.66. The molecule has 3 saturated heterocycles. The average Bonchev–Trinajstić information content (AvgIpc) is 3.30. The number of para-hydroxylation sites is 2. The highest BCUT2D eigenvalue weighted by Crippen LogP contribution is 2.28. The molecule has 7 nitrogen and oxygen atoms in total. The zero-order valence-corrected chi connectivity index (χ0v) is 19.5. The molecular weight excluding hydrogens is 428 g/mol. The van der Waals surface area contributed by atoms with E-state index in [2.05, 4.69) is 17.0 Å². The Labute approximate surface area is 200 Å². The van der Waals surface area contributed by atoms with Crippen LogP contribution in [0.1, 0.15) is 19.3 Å². The molecule has 178 valence electrons. The summed E-state index contributed by atoms with van der Waals surface area (Å²) < 4.78 is 0. The second-order valence-electron chi connectivity index (χ2n) is 9.49. The molecule has 3 aliphatic rings. The molecule has 3 heterocycles. The van der Waals surface area contributed by atoms with E-state index in [4.69, 9.17) is 0 Å². The van der Waals surface area contributed by atoms with E-state index in [-0.39, 0.29) is 36.0 Å². The first-order chi connectivity index (χ1) is 16.6. The molecule has 1 atom stereocenters. The third-order valence-corrected chi connectivity index (χ3v) is 7.41. The van der Waals surface area contributed by atoms with E-state index < -0.39 is 0 Å². The minimum atomic E-state index is -0.300. The van der Waals surface area contributed by atoms with E-state index in [1.807, 2.05) is 58.3 Å². The number of anilines is 2. The lowest BCUT2D eigenvalue weighted by Gasteiger charge is -2.39. The zero-order chi connectivity index (χ0) is 23.5. The van der Waals surface area contributed by atoms with Gasteiger partial charge in [-0.25, -0.2) is 0 Å². The number of hydrogen-bond acceptors (Lipinski definition) is 4. The Morgan fingerprint density at radius 2 is 1.18 bits per heavy atom. The third kappa shape index (κ3) is 4.65. The molecule has 0 saturated carbocycles. The zero-order valence-electron chi connectivity index (χ0n) is 19.5. The van der Waals surface area contributed by atoms with Gasteiger partial charge in [-0.15, -0.1) is 0 Å². The molecule has 0 spiro atoms. The minimum absolute atomic E-state index is 0.00394. The summed E-state index contributed by atoms with van der Waals surface area (Å²) in [7, 11) is 0. The van der Waals surface area contributed by atoms with E-state index in [0.29, 0.717) is 32.5 Å². The number of piperidine rings is 1. The van der Waals surface area contributed by atoms with Crippen molar-refractivity contribution < 1.29 is 14.4 Å². The van der Waals surface area contributed by atoms with E-state index in [1.165, 1.54) is 5.69 Å². The highest BCUT2D eigenvalue weighted by atomic mass is 16.2. The van der Waals surface area contributed by atoms with Gasteiger partial charge in [-0.1, -0.05) is 36.4 Å². The maximum Gasteiger partial charge on any atom is 0.228 e. The summed E-state index contributed by atoms with van der Waals surface area (Å²) in [4.78, 5) is 46.6. The van der Waals surface area contributed by atoms with Crippen molar-refractivity contribution in [1.82, 2.24) is 9.80 Å². The van der Waals surface area contributed by atoms with Gasteiger partial charge in [0.1, 0.15) is 0 Å². The van der Waals surface area contributed by atoms with Crippen LogP contribution in [0, 0.1) is 11.8 Å². The summed E-state index contributed by atoms with van der Waals surface area (Å²) in [5.41, 5.74) is 2.05. The van der Waals surface area contributed by atoms with E-state index in [1.54, 1.807) is 4.90 Å². The van der Waals surface area contributed by atoms with E-state index in [0.717, 1.165) is 31.9 Å². The second kappa shape index (κ2) is 9.87. The molecule has 3 fully saturated rings. The van der Waals surface area contributed by atoms with Crippen LogP contribution >= 0.6 is 0 Å². The van der Waals surface area contributed by atoms with E-state index in [9.17, 15) is 14.4 Å². The third-order valence-electron chi connectivity index (χ3n) is 7.41. The van der Waals surface area contributed by atoms with Gasteiger partial charge in [0, 0.05) is 69.5 Å². The van der Waals surface area contributed by atoms with Gasteiger partial charge in [0.15, 0.2) is 0 Å². The second-order valence-corrected chi connectivity index (χ2v) is 9.49. The Morgan fingerprint density at radius 3 is 1.79 bits per heavy atom. The van der Waals surface area contributed by atoms with Crippen molar-refractivity contribution in [3.8, 4) is 0 Å². The normalized spacial score (nSPS) is 21.8. The number of likely N-dealkylation sites (tertiary alicyclic amines) is 1. The first-order valence-electron chi connectivity index (χ1n) is 12.3. The lowest BCUT2D eigenvalue weighted by molar-refractivity contribution is -0.142. The van der Waals surface area contributed by atoms with Gasteiger partial charge < -0.3 is 19.6 Å². The number of rotatable bonds is 4. The molecule has 1 unspecified atom stereocenters. The Balaban J connectivity index is 1.10.